The highest BCUT2D eigenvalue weighted by molar-refractivity contribution is 5.31. The van der Waals surface area contributed by atoms with Gasteiger partial charge in [0.2, 0.25) is 0 Å². The molecule has 1 aromatic heterocycles. The van der Waals surface area contributed by atoms with E-state index in [2.05, 4.69) is 10.4 Å². The summed E-state index contributed by atoms with van der Waals surface area (Å²) in [6.45, 7) is 0. The SMILES string of the molecule is COc1cccc(C(Cc2cccnc2)NN)c1. The quantitative estimate of drug-likeness (QED) is 0.621. The van der Waals surface area contributed by atoms with Crippen LogP contribution < -0.4 is 16.0 Å². The van der Waals surface area contributed by atoms with Gasteiger partial charge in [0.1, 0.15) is 5.75 Å². The van der Waals surface area contributed by atoms with Crippen LogP contribution in [0.2, 0.25) is 0 Å². The first-order valence-electron chi connectivity index (χ1n) is 5.82. The van der Waals surface area contributed by atoms with E-state index in [-0.39, 0.29) is 6.04 Å². The predicted octanol–water partition coefficient (Wildman–Crippen LogP) is 1.84. The van der Waals surface area contributed by atoms with Crippen LogP contribution in [0.1, 0.15) is 17.2 Å². The molecule has 3 N–H and O–H groups in total. The largest absolute Gasteiger partial charge is 0.497 e. The Morgan fingerprint density at radius 3 is 2.89 bits per heavy atom. The number of nitrogens with zero attached hydrogens (tertiary/aromatic N) is 1. The van der Waals surface area contributed by atoms with Gasteiger partial charge in [-0.15, -0.1) is 0 Å². The summed E-state index contributed by atoms with van der Waals surface area (Å²) in [6, 6.07) is 11.9. The van der Waals surface area contributed by atoms with E-state index in [1.54, 1.807) is 13.3 Å². The summed E-state index contributed by atoms with van der Waals surface area (Å²) < 4.78 is 5.22. The second kappa shape index (κ2) is 6.14. The number of hydrogen-bond acceptors (Lipinski definition) is 4. The zero-order chi connectivity index (χ0) is 12.8. The number of hydrogen-bond donors (Lipinski definition) is 2. The van der Waals surface area contributed by atoms with Gasteiger partial charge in [-0.1, -0.05) is 18.2 Å². The van der Waals surface area contributed by atoms with Gasteiger partial charge in [-0.25, -0.2) is 0 Å². The lowest BCUT2D eigenvalue weighted by Crippen LogP contribution is -2.29. The Kier molecular flexibility index (Phi) is 4.28. The summed E-state index contributed by atoms with van der Waals surface area (Å²) in [5, 5.41) is 0. The normalized spacial score (nSPS) is 12.1. The molecule has 4 nitrogen and oxygen atoms in total. The van der Waals surface area contributed by atoms with Crippen molar-refractivity contribution in [3.8, 4) is 5.75 Å². The van der Waals surface area contributed by atoms with Crippen molar-refractivity contribution >= 4 is 0 Å². The van der Waals surface area contributed by atoms with Gasteiger partial charge < -0.3 is 4.74 Å². The minimum atomic E-state index is 0.0456. The Balaban J connectivity index is 2.17. The molecule has 0 bridgehead atoms. The Bertz CT molecular complexity index is 487. The van der Waals surface area contributed by atoms with Gasteiger partial charge in [-0.2, -0.15) is 0 Å². The van der Waals surface area contributed by atoms with Gasteiger partial charge in [-0.05, 0) is 35.7 Å². The third-order valence-corrected chi connectivity index (χ3v) is 2.86. The first kappa shape index (κ1) is 12.5. The summed E-state index contributed by atoms with van der Waals surface area (Å²) in [5.74, 6) is 6.47. The van der Waals surface area contributed by atoms with Crippen LogP contribution in [-0.4, -0.2) is 12.1 Å². The van der Waals surface area contributed by atoms with E-state index >= 15 is 0 Å². The van der Waals surface area contributed by atoms with Gasteiger partial charge in [0.25, 0.3) is 0 Å². The molecule has 94 valence electrons. The smallest absolute Gasteiger partial charge is 0.119 e. The summed E-state index contributed by atoms with van der Waals surface area (Å²) in [4.78, 5) is 4.11. The first-order chi connectivity index (χ1) is 8.83. The van der Waals surface area contributed by atoms with Crippen LogP contribution >= 0.6 is 0 Å². The fourth-order valence-corrected chi connectivity index (χ4v) is 1.89. The second-order valence-electron chi connectivity index (χ2n) is 4.06. The number of benzene rings is 1. The molecule has 1 unspecified atom stereocenters. The molecule has 0 aliphatic rings. The van der Waals surface area contributed by atoms with Crippen molar-refractivity contribution in [1.82, 2.24) is 10.4 Å². The van der Waals surface area contributed by atoms with Crippen LogP contribution in [0.25, 0.3) is 0 Å². The van der Waals surface area contributed by atoms with Crippen LogP contribution in [-0.2, 0) is 6.42 Å². The van der Waals surface area contributed by atoms with Crippen LogP contribution in [0.3, 0.4) is 0 Å². The van der Waals surface area contributed by atoms with Crippen LogP contribution in [0.4, 0.5) is 0 Å². The third-order valence-electron chi connectivity index (χ3n) is 2.86. The highest BCUT2D eigenvalue weighted by Crippen LogP contribution is 2.21. The van der Waals surface area contributed by atoms with Crippen molar-refractivity contribution < 1.29 is 4.74 Å². The maximum atomic E-state index is 5.63. The second-order valence-corrected chi connectivity index (χ2v) is 4.06. The molecule has 0 spiro atoms. The number of pyridine rings is 1. The van der Waals surface area contributed by atoms with E-state index < -0.39 is 0 Å². The monoisotopic (exact) mass is 243 g/mol. The molecule has 0 aliphatic carbocycles. The average Bonchev–Trinajstić information content (AvgIpc) is 2.46. The van der Waals surface area contributed by atoms with Gasteiger partial charge in [-0.3, -0.25) is 16.3 Å². The molecule has 0 aliphatic heterocycles. The van der Waals surface area contributed by atoms with Crippen molar-refractivity contribution in [3.05, 3.63) is 59.9 Å². The Morgan fingerprint density at radius 1 is 1.33 bits per heavy atom. The maximum absolute atomic E-state index is 5.63. The van der Waals surface area contributed by atoms with Gasteiger partial charge in [0.15, 0.2) is 0 Å². The Hall–Kier alpha value is -1.91. The molecule has 0 fully saturated rings. The molecule has 0 saturated carbocycles. The van der Waals surface area contributed by atoms with E-state index in [1.165, 1.54) is 0 Å². The lowest BCUT2D eigenvalue weighted by atomic mass is 10.0. The van der Waals surface area contributed by atoms with Crippen molar-refractivity contribution in [2.75, 3.05) is 7.11 Å². The fourth-order valence-electron chi connectivity index (χ4n) is 1.89. The molecule has 1 heterocycles. The number of aromatic nitrogens is 1. The van der Waals surface area contributed by atoms with Gasteiger partial charge in [0, 0.05) is 12.4 Å². The molecular weight excluding hydrogens is 226 g/mol. The molecule has 1 atom stereocenters. The molecule has 0 saturated heterocycles. The summed E-state index contributed by atoms with van der Waals surface area (Å²) in [7, 11) is 1.66. The van der Waals surface area contributed by atoms with Gasteiger partial charge >= 0.3 is 0 Å². The number of ether oxygens (including phenoxy) is 1. The predicted molar refractivity (Wildman–Crippen MR) is 71.0 cm³/mol. The zero-order valence-corrected chi connectivity index (χ0v) is 10.3. The van der Waals surface area contributed by atoms with Crippen LogP contribution in [0.5, 0.6) is 5.75 Å². The van der Waals surface area contributed by atoms with Crippen molar-refractivity contribution in [2.45, 2.75) is 12.5 Å². The number of rotatable bonds is 5. The van der Waals surface area contributed by atoms with Crippen LogP contribution in [0.15, 0.2) is 48.8 Å². The minimum Gasteiger partial charge on any atom is -0.497 e. The highest BCUT2D eigenvalue weighted by Gasteiger charge is 2.11. The van der Waals surface area contributed by atoms with Crippen molar-refractivity contribution in [1.29, 1.82) is 0 Å². The standard InChI is InChI=1S/C14H17N3O/c1-18-13-6-2-5-12(9-13)14(17-15)8-11-4-3-7-16-10-11/h2-7,9-10,14,17H,8,15H2,1H3. The van der Waals surface area contributed by atoms with E-state index in [4.69, 9.17) is 10.6 Å². The summed E-state index contributed by atoms with van der Waals surface area (Å²) in [5.41, 5.74) is 5.07. The topological polar surface area (TPSA) is 60.2 Å². The maximum Gasteiger partial charge on any atom is 0.119 e. The van der Waals surface area contributed by atoms with E-state index in [0.717, 1.165) is 23.3 Å². The number of methoxy groups -OCH3 is 1. The van der Waals surface area contributed by atoms with Crippen molar-refractivity contribution in [2.24, 2.45) is 5.84 Å². The lowest BCUT2D eigenvalue weighted by Gasteiger charge is -2.17. The van der Waals surface area contributed by atoms with E-state index in [0.29, 0.717) is 0 Å². The molecule has 18 heavy (non-hydrogen) atoms. The molecular formula is C14H17N3O. The zero-order valence-electron chi connectivity index (χ0n) is 10.3. The minimum absolute atomic E-state index is 0.0456. The lowest BCUT2D eigenvalue weighted by molar-refractivity contribution is 0.413. The molecule has 0 radical (unpaired) electrons. The number of hydrazine groups is 1. The highest BCUT2D eigenvalue weighted by atomic mass is 16.5. The molecule has 0 amide bonds. The number of nitrogens with one attached hydrogen (secondary N) is 1. The van der Waals surface area contributed by atoms with E-state index in [1.807, 2.05) is 42.6 Å². The average molecular weight is 243 g/mol. The fraction of sp³-hybridized carbons (Fsp3) is 0.214. The van der Waals surface area contributed by atoms with Crippen molar-refractivity contribution in [3.63, 3.8) is 0 Å². The summed E-state index contributed by atoms with van der Waals surface area (Å²) >= 11 is 0. The Morgan fingerprint density at radius 2 is 2.22 bits per heavy atom. The molecule has 4 heteroatoms. The molecule has 1 aromatic carbocycles. The first-order valence-corrected chi connectivity index (χ1v) is 5.82. The summed E-state index contributed by atoms with van der Waals surface area (Å²) in [6.07, 6.45) is 4.40. The van der Waals surface area contributed by atoms with Gasteiger partial charge in [0.05, 0.1) is 13.2 Å². The molecule has 2 aromatic rings. The van der Waals surface area contributed by atoms with E-state index in [9.17, 15) is 0 Å². The number of nitrogens with two attached hydrogens (primary N) is 1. The molecule has 2 rings (SSSR count). The van der Waals surface area contributed by atoms with Crippen LogP contribution in [0, 0.1) is 0 Å². The third kappa shape index (κ3) is 3.06. The Labute approximate surface area is 107 Å².